The number of aryl methyl sites for hydroxylation is 1. The van der Waals surface area contributed by atoms with Gasteiger partial charge in [0.2, 0.25) is 10.0 Å². The molecule has 1 aliphatic heterocycles. The quantitative estimate of drug-likeness (QED) is 0.674. The smallest absolute Gasteiger partial charge is 0.267 e. The van der Waals surface area contributed by atoms with Crippen molar-refractivity contribution < 1.29 is 13.2 Å². The van der Waals surface area contributed by atoms with Crippen LogP contribution in [0.3, 0.4) is 0 Å². The molecule has 2 aromatic carbocycles. The fraction of sp³-hybridized carbons (Fsp3) is 0.227. The highest BCUT2D eigenvalue weighted by atomic mass is 32.2. The number of rotatable bonds is 4. The minimum Gasteiger partial charge on any atom is -0.321 e. The first-order valence-corrected chi connectivity index (χ1v) is 11.7. The van der Waals surface area contributed by atoms with Gasteiger partial charge in [0.1, 0.15) is 9.77 Å². The Morgan fingerprint density at radius 2 is 1.79 bits per heavy atom. The number of nitrogens with one attached hydrogen (secondary N) is 1. The largest absolute Gasteiger partial charge is 0.321 e. The van der Waals surface area contributed by atoms with Gasteiger partial charge in [-0.2, -0.15) is 4.31 Å². The monoisotopic (exact) mass is 426 g/mol. The molecule has 1 N–H and O–H groups in total. The van der Waals surface area contributed by atoms with E-state index in [4.69, 9.17) is 0 Å². The average Bonchev–Trinajstić information content (AvgIpc) is 3.22. The summed E-state index contributed by atoms with van der Waals surface area (Å²) in [5, 5.41) is 4.53. The van der Waals surface area contributed by atoms with Crippen molar-refractivity contribution in [3.8, 4) is 0 Å². The van der Waals surface area contributed by atoms with Gasteiger partial charge in [0.15, 0.2) is 0 Å². The molecular formula is C22H22N2O3S2. The van der Waals surface area contributed by atoms with Crippen LogP contribution < -0.4 is 5.32 Å². The summed E-state index contributed by atoms with van der Waals surface area (Å²) in [6.07, 6.45) is 0.670. The summed E-state index contributed by atoms with van der Waals surface area (Å²) < 4.78 is 28.1. The van der Waals surface area contributed by atoms with E-state index in [0.717, 1.165) is 28.0 Å². The van der Waals surface area contributed by atoms with Crippen LogP contribution in [0.1, 0.15) is 31.9 Å². The second-order valence-electron chi connectivity index (χ2n) is 7.17. The summed E-state index contributed by atoms with van der Waals surface area (Å²) in [5.41, 5.74) is 4.91. The van der Waals surface area contributed by atoms with Gasteiger partial charge in [-0.25, -0.2) is 8.42 Å². The van der Waals surface area contributed by atoms with Crippen molar-refractivity contribution in [2.45, 2.75) is 31.7 Å². The van der Waals surface area contributed by atoms with Crippen LogP contribution in [-0.2, 0) is 23.0 Å². The van der Waals surface area contributed by atoms with Gasteiger partial charge in [-0.05, 0) is 60.0 Å². The molecule has 0 fully saturated rings. The second-order valence-corrected chi connectivity index (χ2v) is 10.00. The van der Waals surface area contributed by atoms with Crippen LogP contribution in [0.25, 0.3) is 0 Å². The van der Waals surface area contributed by atoms with E-state index in [1.807, 2.05) is 56.3 Å². The number of amides is 1. The van der Waals surface area contributed by atoms with Crippen molar-refractivity contribution in [3.63, 3.8) is 0 Å². The molecule has 1 aliphatic rings. The topological polar surface area (TPSA) is 66.5 Å². The highest BCUT2D eigenvalue weighted by Gasteiger charge is 2.32. The van der Waals surface area contributed by atoms with E-state index in [9.17, 15) is 13.2 Å². The molecule has 0 aliphatic carbocycles. The lowest BCUT2D eigenvalue weighted by Crippen LogP contribution is -2.36. The zero-order chi connectivity index (χ0) is 20.6. The van der Waals surface area contributed by atoms with Crippen LogP contribution in [0.5, 0.6) is 0 Å². The summed E-state index contributed by atoms with van der Waals surface area (Å²) in [7, 11) is -3.76. The zero-order valence-corrected chi connectivity index (χ0v) is 17.9. The van der Waals surface area contributed by atoms with Crippen LogP contribution in [0.2, 0.25) is 0 Å². The molecule has 3 aromatic rings. The van der Waals surface area contributed by atoms with Crippen molar-refractivity contribution in [3.05, 3.63) is 81.0 Å². The maximum absolute atomic E-state index is 13.3. The summed E-state index contributed by atoms with van der Waals surface area (Å²) >= 11 is 1.15. The molecule has 0 bridgehead atoms. The van der Waals surface area contributed by atoms with Crippen LogP contribution in [0, 0.1) is 13.8 Å². The van der Waals surface area contributed by atoms with E-state index in [1.165, 1.54) is 15.9 Å². The molecule has 5 nitrogen and oxygen atoms in total. The Bertz CT molecular complexity index is 1180. The third-order valence-corrected chi connectivity index (χ3v) is 8.33. The van der Waals surface area contributed by atoms with Crippen molar-refractivity contribution in [2.24, 2.45) is 0 Å². The lowest BCUT2D eigenvalue weighted by molar-refractivity contribution is 0.102. The first-order valence-electron chi connectivity index (χ1n) is 9.40. The second kappa shape index (κ2) is 7.74. The average molecular weight is 427 g/mol. The fourth-order valence-corrected chi connectivity index (χ4v) is 6.26. The van der Waals surface area contributed by atoms with Crippen molar-refractivity contribution in [1.29, 1.82) is 0 Å². The standard InChI is InChI=1S/C22H22N2O3S2/c1-15-6-5-9-19(16(15)2)23-22(25)21-20(11-13-28-21)29(26,27)24-12-10-17-7-3-4-8-18(17)14-24/h3-9,11,13H,10,12,14H2,1-2H3,(H,23,25). The number of hydrogen-bond acceptors (Lipinski definition) is 4. The van der Waals surface area contributed by atoms with Crippen molar-refractivity contribution in [2.75, 3.05) is 11.9 Å². The molecule has 7 heteroatoms. The molecule has 1 aromatic heterocycles. The Balaban J connectivity index is 1.61. The maximum atomic E-state index is 13.3. The van der Waals surface area contributed by atoms with Gasteiger partial charge in [0, 0.05) is 18.8 Å². The minimum absolute atomic E-state index is 0.0738. The molecule has 150 valence electrons. The lowest BCUT2D eigenvalue weighted by Gasteiger charge is -2.28. The molecule has 0 unspecified atom stereocenters. The molecule has 0 saturated carbocycles. The van der Waals surface area contributed by atoms with Gasteiger partial charge >= 0.3 is 0 Å². The first-order chi connectivity index (χ1) is 13.9. The van der Waals surface area contributed by atoms with Gasteiger partial charge < -0.3 is 5.32 Å². The highest BCUT2D eigenvalue weighted by Crippen LogP contribution is 2.30. The highest BCUT2D eigenvalue weighted by molar-refractivity contribution is 7.89. The van der Waals surface area contributed by atoms with Crippen LogP contribution >= 0.6 is 11.3 Å². The normalized spacial score (nSPS) is 14.4. The summed E-state index contributed by atoms with van der Waals surface area (Å²) in [5.74, 6) is -0.398. The first kappa shape index (κ1) is 19.8. The number of carbonyl (C=O) groups excluding carboxylic acids is 1. The summed E-state index contributed by atoms with van der Waals surface area (Å²) in [6, 6.07) is 15.1. The molecule has 29 heavy (non-hydrogen) atoms. The minimum atomic E-state index is -3.76. The third-order valence-electron chi connectivity index (χ3n) is 5.40. The molecule has 4 rings (SSSR count). The van der Waals surface area contributed by atoms with E-state index in [1.54, 1.807) is 5.38 Å². The van der Waals surface area contributed by atoms with Gasteiger partial charge in [-0.3, -0.25) is 4.79 Å². The number of hydrogen-bond donors (Lipinski definition) is 1. The Hall–Kier alpha value is -2.48. The summed E-state index contributed by atoms with van der Waals surface area (Å²) in [6.45, 7) is 4.64. The third kappa shape index (κ3) is 3.73. The Morgan fingerprint density at radius 3 is 2.59 bits per heavy atom. The number of thiophene rings is 1. The van der Waals surface area contributed by atoms with Crippen LogP contribution in [0.4, 0.5) is 5.69 Å². The van der Waals surface area contributed by atoms with Crippen molar-refractivity contribution >= 4 is 33.0 Å². The number of anilines is 1. The number of carbonyl (C=O) groups is 1. The Morgan fingerprint density at radius 1 is 1.03 bits per heavy atom. The number of nitrogens with zero attached hydrogens (tertiary/aromatic N) is 1. The van der Waals surface area contributed by atoms with E-state index in [0.29, 0.717) is 25.2 Å². The van der Waals surface area contributed by atoms with Gasteiger partial charge in [-0.15, -0.1) is 11.3 Å². The molecular weight excluding hydrogens is 404 g/mol. The molecule has 0 saturated heterocycles. The lowest BCUT2D eigenvalue weighted by atomic mass is 10.0. The maximum Gasteiger partial charge on any atom is 0.267 e. The van der Waals surface area contributed by atoms with Crippen molar-refractivity contribution in [1.82, 2.24) is 4.31 Å². The molecule has 0 atom stereocenters. The zero-order valence-electron chi connectivity index (χ0n) is 16.3. The van der Waals surface area contributed by atoms with E-state index in [2.05, 4.69) is 5.32 Å². The van der Waals surface area contributed by atoms with Crippen LogP contribution in [0.15, 0.2) is 58.8 Å². The number of sulfonamides is 1. The fourth-order valence-electron chi connectivity index (χ4n) is 3.55. The molecule has 0 radical (unpaired) electrons. The number of benzene rings is 2. The van der Waals surface area contributed by atoms with Gasteiger partial charge in [-0.1, -0.05) is 36.4 Å². The van der Waals surface area contributed by atoms with Crippen LogP contribution in [-0.4, -0.2) is 25.2 Å². The predicted octanol–water partition coefficient (Wildman–Crippen LogP) is 4.36. The SMILES string of the molecule is Cc1cccc(NC(=O)c2sccc2S(=O)(=O)N2CCc3ccccc3C2)c1C. The predicted molar refractivity (Wildman–Crippen MR) is 116 cm³/mol. The molecule has 0 spiro atoms. The Labute approximate surface area is 175 Å². The molecule has 2 heterocycles. The summed E-state index contributed by atoms with van der Waals surface area (Å²) in [4.78, 5) is 13.2. The number of fused-ring (bicyclic) bond motifs is 1. The van der Waals surface area contributed by atoms with E-state index in [-0.39, 0.29) is 9.77 Å². The Kier molecular flexibility index (Phi) is 5.29. The van der Waals surface area contributed by atoms with E-state index < -0.39 is 15.9 Å². The van der Waals surface area contributed by atoms with E-state index >= 15 is 0 Å². The molecule has 1 amide bonds. The van der Waals surface area contributed by atoms with Gasteiger partial charge in [0.25, 0.3) is 5.91 Å². The van der Waals surface area contributed by atoms with Gasteiger partial charge in [0.05, 0.1) is 0 Å².